The van der Waals surface area contributed by atoms with Crippen molar-refractivity contribution in [2.45, 2.75) is 30.8 Å². The van der Waals surface area contributed by atoms with Crippen molar-refractivity contribution in [1.82, 2.24) is 9.21 Å². The predicted molar refractivity (Wildman–Crippen MR) is 112 cm³/mol. The Morgan fingerprint density at radius 2 is 1.83 bits per heavy atom. The Bertz CT molecular complexity index is 1020. The zero-order valence-electron chi connectivity index (χ0n) is 17.0. The fourth-order valence-electron chi connectivity index (χ4n) is 3.80. The molecular formula is C22H26N2O5S. The Morgan fingerprint density at radius 3 is 2.57 bits per heavy atom. The smallest absolute Gasteiger partial charge is 0.254 e. The first-order valence-electron chi connectivity index (χ1n) is 10.3. The van der Waals surface area contributed by atoms with Crippen molar-refractivity contribution < 1.29 is 22.7 Å². The van der Waals surface area contributed by atoms with Gasteiger partial charge in [-0.05, 0) is 50.1 Å². The van der Waals surface area contributed by atoms with Crippen LogP contribution in [0, 0.1) is 0 Å². The topological polar surface area (TPSA) is 76.1 Å². The Kier molecular flexibility index (Phi) is 5.97. The SMILES string of the molecule is CCN(C[C@@H]1COc2ccccc2O1)C(=O)c1cccc(S(=O)(=O)N2CCCC2)c1. The second-order valence-corrected chi connectivity index (χ2v) is 9.42. The summed E-state index contributed by atoms with van der Waals surface area (Å²) in [7, 11) is -3.57. The molecule has 2 aromatic rings. The predicted octanol–water partition coefficient (Wildman–Crippen LogP) is 2.77. The highest BCUT2D eigenvalue weighted by Gasteiger charge is 2.29. The Labute approximate surface area is 177 Å². The first-order valence-corrected chi connectivity index (χ1v) is 11.7. The number of likely N-dealkylation sites (N-methyl/N-ethyl adjacent to an activating group) is 1. The summed E-state index contributed by atoms with van der Waals surface area (Å²) < 4.78 is 38.9. The number of benzene rings is 2. The molecule has 0 bridgehead atoms. The van der Waals surface area contributed by atoms with E-state index in [0.29, 0.717) is 49.8 Å². The molecule has 0 spiro atoms. The van der Waals surface area contributed by atoms with E-state index < -0.39 is 10.0 Å². The van der Waals surface area contributed by atoms with E-state index in [0.717, 1.165) is 12.8 Å². The van der Waals surface area contributed by atoms with Crippen LogP contribution in [0.2, 0.25) is 0 Å². The number of para-hydroxylation sites is 2. The van der Waals surface area contributed by atoms with Crippen molar-refractivity contribution in [3.63, 3.8) is 0 Å². The second-order valence-electron chi connectivity index (χ2n) is 7.48. The fourth-order valence-corrected chi connectivity index (χ4v) is 5.37. The minimum Gasteiger partial charge on any atom is -0.486 e. The molecule has 2 aliphatic rings. The van der Waals surface area contributed by atoms with Gasteiger partial charge in [0.15, 0.2) is 17.6 Å². The van der Waals surface area contributed by atoms with Crippen molar-refractivity contribution in [3.05, 3.63) is 54.1 Å². The van der Waals surface area contributed by atoms with Crippen LogP contribution in [0.1, 0.15) is 30.1 Å². The van der Waals surface area contributed by atoms with E-state index in [4.69, 9.17) is 9.47 Å². The second kappa shape index (κ2) is 8.65. The zero-order chi connectivity index (χ0) is 21.1. The van der Waals surface area contributed by atoms with Crippen LogP contribution in [0.3, 0.4) is 0 Å². The molecule has 2 aromatic carbocycles. The maximum atomic E-state index is 13.1. The van der Waals surface area contributed by atoms with E-state index in [1.54, 1.807) is 23.1 Å². The van der Waals surface area contributed by atoms with Gasteiger partial charge >= 0.3 is 0 Å². The van der Waals surface area contributed by atoms with Crippen molar-refractivity contribution in [3.8, 4) is 11.5 Å². The summed E-state index contributed by atoms with van der Waals surface area (Å²) in [6.45, 7) is 4.13. The van der Waals surface area contributed by atoms with Gasteiger partial charge in [0, 0.05) is 25.2 Å². The largest absolute Gasteiger partial charge is 0.486 e. The van der Waals surface area contributed by atoms with Crippen LogP contribution in [0.4, 0.5) is 0 Å². The van der Waals surface area contributed by atoms with Gasteiger partial charge < -0.3 is 14.4 Å². The third-order valence-electron chi connectivity index (χ3n) is 5.44. The lowest BCUT2D eigenvalue weighted by atomic mass is 10.2. The van der Waals surface area contributed by atoms with E-state index >= 15 is 0 Å². The van der Waals surface area contributed by atoms with E-state index in [2.05, 4.69) is 0 Å². The normalized spacial score (nSPS) is 18.9. The van der Waals surface area contributed by atoms with Gasteiger partial charge in [0.2, 0.25) is 10.0 Å². The van der Waals surface area contributed by atoms with E-state index in [1.165, 1.54) is 10.4 Å². The molecule has 30 heavy (non-hydrogen) atoms. The number of amides is 1. The molecule has 0 saturated carbocycles. The molecule has 1 saturated heterocycles. The monoisotopic (exact) mass is 430 g/mol. The molecule has 4 rings (SSSR count). The van der Waals surface area contributed by atoms with Crippen LogP contribution >= 0.6 is 0 Å². The van der Waals surface area contributed by atoms with E-state index in [-0.39, 0.29) is 16.9 Å². The standard InChI is InChI=1S/C22H26N2O5S/c1-2-23(15-18-16-28-20-10-3-4-11-21(20)29-18)22(25)17-8-7-9-19(14-17)30(26,27)24-12-5-6-13-24/h3-4,7-11,14,18H,2,5-6,12-13,15-16H2,1H3/t18-/m1/s1. The number of rotatable bonds is 6. The summed E-state index contributed by atoms with van der Waals surface area (Å²) in [6.07, 6.45) is 1.45. The third-order valence-corrected chi connectivity index (χ3v) is 7.34. The summed E-state index contributed by atoms with van der Waals surface area (Å²) in [4.78, 5) is 14.9. The lowest BCUT2D eigenvalue weighted by Gasteiger charge is -2.31. The minimum atomic E-state index is -3.57. The number of hydrogen-bond donors (Lipinski definition) is 0. The average molecular weight is 431 g/mol. The molecule has 8 heteroatoms. The van der Waals surface area contributed by atoms with Gasteiger partial charge in [-0.3, -0.25) is 4.79 Å². The van der Waals surface area contributed by atoms with E-state index in [1.807, 2.05) is 31.2 Å². The molecule has 1 fully saturated rings. The molecule has 2 aliphatic heterocycles. The highest BCUT2D eigenvalue weighted by molar-refractivity contribution is 7.89. The summed E-state index contributed by atoms with van der Waals surface area (Å²) in [5.74, 6) is 1.14. The van der Waals surface area contributed by atoms with E-state index in [9.17, 15) is 13.2 Å². The third kappa shape index (κ3) is 4.15. The van der Waals surface area contributed by atoms with Crippen LogP contribution in [0.15, 0.2) is 53.4 Å². The molecule has 0 N–H and O–H groups in total. The number of carbonyl (C=O) groups is 1. The number of sulfonamides is 1. The number of carbonyl (C=O) groups excluding carboxylic acids is 1. The number of ether oxygens (including phenoxy) is 2. The van der Waals surface area contributed by atoms with Crippen molar-refractivity contribution >= 4 is 15.9 Å². The first-order chi connectivity index (χ1) is 14.5. The van der Waals surface area contributed by atoms with Gasteiger partial charge in [0.05, 0.1) is 11.4 Å². The van der Waals surface area contributed by atoms with Crippen LogP contribution < -0.4 is 9.47 Å². The van der Waals surface area contributed by atoms with Gasteiger partial charge in [-0.1, -0.05) is 18.2 Å². The number of hydrogen-bond acceptors (Lipinski definition) is 5. The van der Waals surface area contributed by atoms with Crippen LogP contribution in [-0.2, 0) is 10.0 Å². The fraction of sp³-hybridized carbons (Fsp3) is 0.409. The highest BCUT2D eigenvalue weighted by Crippen LogP contribution is 2.31. The quantitative estimate of drug-likeness (QED) is 0.704. The van der Waals surface area contributed by atoms with Crippen LogP contribution in [0.5, 0.6) is 11.5 Å². The molecule has 0 aliphatic carbocycles. The average Bonchev–Trinajstić information content (AvgIpc) is 3.33. The lowest BCUT2D eigenvalue weighted by molar-refractivity contribution is 0.0475. The summed E-state index contributed by atoms with van der Waals surface area (Å²) in [6, 6.07) is 13.8. The van der Waals surface area contributed by atoms with Crippen LogP contribution in [0.25, 0.3) is 0 Å². The highest BCUT2D eigenvalue weighted by atomic mass is 32.2. The molecule has 1 atom stereocenters. The van der Waals surface area contributed by atoms with Gasteiger partial charge in [-0.2, -0.15) is 4.31 Å². The van der Waals surface area contributed by atoms with Gasteiger partial charge in [-0.15, -0.1) is 0 Å². The summed E-state index contributed by atoms with van der Waals surface area (Å²) >= 11 is 0. The van der Waals surface area contributed by atoms with Crippen molar-refractivity contribution in [2.24, 2.45) is 0 Å². The van der Waals surface area contributed by atoms with Crippen molar-refractivity contribution in [1.29, 1.82) is 0 Å². The molecular weight excluding hydrogens is 404 g/mol. The molecule has 0 radical (unpaired) electrons. The Balaban J connectivity index is 1.49. The van der Waals surface area contributed by atoms with Crippen molar-refractivity contribution in [2.75, 3.05) is 32.8 Å². The van der Waals surface area contributed by atoms with Gasteiger partial charge in [0.25, 0.3) is 5.91 Å². The molecule has 0 unspecified atom stereocenters. The maximum absolute atomic E-state index is 13.1. The van der Waals surface area contributed by atoms with Gasteiger partial charge in [0.1, 0.15) is 6.61 Å². The zero-order valence-corrected chi connectivity index (χ0v) is 17.8. The molecule has 1 amide bonds. The molecule has 0 aromatic heterocycles. The lowest BCUT2D eigenvalue weighted by Crippen LogP contribution is -2.43. The molecule has 160 valence electrons. The van der Waals surface area contributed by atoms with Crippen LogP contribution in [-0.4, -0.2) is 62.4 Å². The molecule has 7 nitrogen and oxygen atoms in total. The van der Waals surface area contributed by atoms with Gasteiger partial charge in [-0.25, -0.2) is 8.42 Å². The Hall–Kier alpha value is -2.58. The minimum absolute atomic E-state index is 0.164. The number of nitrogens with zero attached hydrogens (tertiary/aromatic N) is 2. The summed E-state index contributed by atoms with van der Waals surface area (Å²) in [5.41, 5.74) is 0.356. The Morgan fingerprint density at radius 1 is 1.10 bits per heavy atom. The first kappa shape index (κ1) is 20.7. The maximum Gasteiger partial charge on any atom is 0.254 e. The molecule has 2 heterocycles. The summed E-state index contributed by atoms with van der Waals surface area (Å²) in [5, 5.41) is 0. The number of fused-ring (bicyclic) bond motifs is 1.